The number of halogens is 2. The van der Waals surface area contributed by atoms with Crippen molar-refractivity contribution in [3.8, 4) is 11.5 Å². The number of benzene rings is 2. The number of rotatable bonds is 3. The fourth-order valence-electron chi connectivity index (χ4n) is 2.46. The molecule has 1 amide bonds. The summed E-state index contributed by atoms with van der Waals surface area (Å²) in [5, 5.41) is 2.98. The van der Waals surface area contributed by atoms with Crippen LogP contribution in [-0.2, 0) is 0 Å². The van der Waals surface area contributed by atoms with Gasteiger partial charge in [0.25, 0.3) is 5.91 Å². The maximum Gasteiger partial charge on any atom is 0.255 e. The van der Waals surface area contributed by atoms with Crippen molar-refractivity contribution in [2.24, 2.45) is 0 Å². The third kappa shape index (κ3) is 3.14. The molecule has 2 aromatic heterocycles. The third-order valence-electron chi connectivity index (χ3n) is 3.74. The van der Waals surface area contributed by atoms with Gasteiger partial charge >= 0.3 is 0 Å². The van der Waals surface area contributed by atoms with Crippen molar-refractivity contribution in [2.75, 3.05) is 5.32 Å². The van der Waals surface area contributed by atoms with E-state index in [4.69, 9.17) is 16.0 Å². The first-order chi connectivity index (χ1) is 12.6. The maximum absolute atomic E-state index is 12.9. The van der Waals surface area contributed by atoms with E-state index >= 15 is 0 Å². The van der Waals surface area contributed by atoms with Crippen molar-refractivity contribution < 1.29 is 13.6 Å². The zero-order valence-electron chi connectivity index (χ0n) is 13.2. The van der Waals surface area contributed by atoms with Crippen LogP contribution >= 0.6 is 11.6 Å². The van der Waals surface area contributed by atoms with Gasteiger partial charge in [-0.15, -0.1) is 0 Å². The van der Waals surface area contributed by atoms with Gasteiger partial charge in [-0.1, -0.05) is 11.6 Å². The number of oxazole rings is 1. The Labute approximate surface area is 152 Å². The Bertz CT molecular complexity index is 1110. The van der Waals surface area contributed by atoms with Gasteiger partial charge in [0.15, 0.2) is 5.58 Å². The third-order valence-corrected chi connectivity index (χ3v) is 4.04. The quantitative estimate of drug-likeness (QED) is 0.521. The second kappa shape index (κ2) is 6.57. The Kier molecular flexibility index (Phi) is 4.10. The highest BCUT2D eigenvalue weighted by Crippen LogP contribution is 2.29. The SMILES string of the molecule is O=C(Nc1ccc(F)cc1)c1ccc2nc(-c3cccnc3Cl)oc2c1. The van der Waals surface area contributed by atoms with Crippen molar-refractivity contribution >= 4 is 34.3 Å². The van der Waals surface area contributed by atoms with E-state index in [9.17, 15) is 9.18 Å². The molecule has 0 saturated heterocycles. The lowest BCUT2D eigenvalue weighted by atomic mass is 10.2. The second-order valence-electron chi connectivity index (χ2n) is 5.50. The highest BCUT2D eigenvalue weighted by molar-refractivity contribution is 6.31. The molecule has 2 heterocycles. The summed E-state index contributed by atoms with van der Waals surface area (Å²) < 4.78 is 18.7. The van der Waals surface area contributed by atoms with Crippen LogP contribution in [0.2, 0.25) is 5.15 Å². The van der Waals surface area contributed by atoms with Crippen LogP contribution < -0.4 is 5.32 Å². The largest absolute Gasteiger partial charge is 0.436 e. The zero-order valence-corrected chi connectivity index (χ0v) is 14.0. The van der Waals surface area contributed by atoms with Crippen LogP contribution in [-0.4, -0.2) is 15.9 Å². The van der Waals surface area contributed by atoms with E-state index in [2.05, 4.69) is 15.3 Å². The van der Waals surface area contributed by atoms with Gasteiger partial charge in [0.2, 0.25) is 5.89 Å². The lowest BCUT2D eigenvalue weighted by Crippen LogP contribution is -2.11. The van der Waals surface area contributed by atoms with Crippen molar-refractivity contribution in [2.45, 2.75) is 0 Å². The number of pyridine rings is 1. The van der Waals surface area contributed by atoms with Gasteiger partial charge in [0, 0.05) is 17.4 Å². The maximum atomic E-state index is 12.9. The number of carbonyl (C=O) groups excluding carboxylic acids is 1. The normalized spacial score (nSPS) is 10.8. The minimum Gasteiger partial charge on any atom is -0.436 e. The smallest absolute Gasteiger partial charge is 0.255 e. The molecule has 128 valence electrons. The monoisotopic (exact) mass is 367 g/mol. The van der Waals surface area contributed by atoms with Gasteiger partial charge in [0.1, 0.15) is 16.5 Å². The average Bonchev–Trinajstić information content (AvgIpc) is 3.07. The van der Waals surface area contributed by atoms with E-state index in [1.165, 1.54) is 24.3 Å². The lowest BCUT2D eigenvalue weighted by Gasteiger charge is -2.04. The number of hydrogen-bond donors (Lipinski definition) is 1. The zero-order chi connectivity index (χ0) is 18.1. The minimum atomic E-state index is -0.368. The molecule has 0 atom stereocenters. The number of amides is 1. The summed E-state index contributed by atoms with van der Waals surface area (Å²) in [4.78, 5) is 20.7. The van der Waals surface area contributed by atoms with Gasteiger partial charge in [-0.25, -0.2) is 14.4 Å². The van der Waals surface area contributed by atoms with Crippen LogP contribution in [0, 0.1) is 5.82 Å². The van der Waals surface area contributed by atoms with Crippen molar-refractivity contribution in [3.05, 3.63) is 77.3 Å². The molecule has 0 spiro atoms. The fourth-order valence-corrected chi connectivity index (χ4v) is 2.66. The van der Waals surface area contributed by atoms with Gasteiger partial charge in [-0.2, -0.15) is 0 Å². The molecule has 0 fully saturated rings. The molecular formula is C19H11ClFN3O2. The molecule has 0 saturated carbocycles. The second-order valence-corrected chi connectivity index (χ2v) is 5.86. The predicted molar refractivity (Wildman–Crippen MR) is 96.6 cm³/mol. The Morgan fingerprint density at radius 2 is 1.92 bits per heavy atom. The molecule has 7 heteroatoms. The first-order valence-corrected chi connectivity index (χ1v) is 8.06. The number of anilines is 1. The lowest BCUT2D eigenvalue weighted by molar-refractivity contribution is 0.102. The Morgan fingerprint density at radius 3 is 2.69 bits per heavy atom. The molecule has 5 nitrogen and oxygen atoms in total. The van der Waals surface area contributed by atoms with Crippen LogP contribution in [0.25, 0.3) is 22.6 Å². The van der Waals surface area contributed by atoms with Gasteiger partial charge in [-0.05, 0) is 54.6 Å². The van der Waals surface area contributed by atoms with E-state index in [-0.39, 0.29) is 16.9 Å². The fraction of sp³-hybridized carbons (Fsp3) is 0. The van der Waals surface area contributed by atoms with Crippen molar-refractivity contribution in [1.82, 2.24) is 9.97 Å². The molecule has 4 aromatic rings. The number of hydrogen-bond acceptors (Lipinski definition) is 4. The van der Waals surface area contributed by atoms with Crippen LogP contribution in [0.4, 0.5) is 10.1 Å². The summed E-state index contributed by atoms with van der Waals surface area (Å²) in [6.07, 6.45) is 1.58. The Balaban J connectivity index is 1.64. The van der Waals surface area contributed by atoms with E-state index in [1.807, 2.05) is 0 Å². The van der Waals surface area contributed by atoms with Crippen LogP contribution in [0.5, 0.6) is 0 Å². The minimum absolute atomic E-state index is 0.285. The molecule has 0 aliphatic heterocycles. The first-order valence-electron chi connectivity index (χ1n) is 7.68. The predicted octanol–water partition coefficient (Wildman–Crippen LogP) is 4.93. The van der Waals surface area contributed by atoms with Crippen molar-refractivity contribution in [3.63, 3.8) is 0 Å². The Morgan fingerprint density at radius 1 is 1.12 bits per heavy atom. The average molecular weight is 368 g/mol. The summed E-state index contributed by atoms with van der Waals surface area (Å²) in [5.41, 5.74) is 2.51. The summed E-state index contributed by atoms with van der Waals surface area (Å²) in [5.74, 6) is -0.377. The molecule has 1 N–H and O–H groups in total. The molecule has 0 aliphatic rings. The molecule has 26 heavy (non-hydrogen) atoms. The standard InChI is InChI=1S/C19H11ClFN3O2/c20-17-14(2-1-9-22-17)19-24-15-8-3-11(10-16(15)26-19)18(25)23-13-6-4-12(21)5-7-13/h1-10H,(H,23,25). The highest BCUT2D eigenvalue weighted by atomic mass is 35.5. The van der Waals surface area contributed by atoms with Crippen LogP contribution in [0.1, 0.15) is 10.4 Å². The van der Waals surface area contributed by atoms with Gasteiger partial charge < -0.3 is 9.73 Å². The topological polar surface area (TPSA) is 68.0 Å². The van der Waals surface area contributed by atoms with Gasteiger partial charge in [0.05, 0.1) is 5.56 Å². The van der Waals surface area contributed by atoms with E-state index in [1.54, 1.807) is 36.5 Å². The van der Waals surface area contributed by atoms with E-state index in [0.717, 1.165) is 0 Å². The summed E-state index contributed by atoms with van der Waals surface area (Å²) in [7, 11) is 0. The molecule has 0 unspecified atom stereocenters. The molecule has 0 bridgehead atoms. The number of nitrogens with zero attached hydrogens (tertiary/aromatic N) is 2. The van der Waals surface area contributed by atoms with Crippen LogP contribution in [0.3, 0.4) is 0 Å². The molecule has 4 rings (SSSR count). The summed E-state index contributed by atoms with van der Waals surface area (Å²) in [6.45, 7) is 0. The highest BCUT2D eigenvalue weighted by Gasteiger charge is 2.14. The summed E-state index contributed by atoms with van der Waals surface area (Å²) >= 11 is 6.07. The summed E-state index contributed by atoms with van der Waals surface area (Å²) in [6, 6.07) is 13.9. The number of aromatic nitrogens is 2. The number of fused-ring (bicyclic) bond motifs is 1. The molecular weight excluding hydrogens is 357 g/mol. The number of carbonyl (C=O) groups is 1. The Hall–Kier alpha value is -3.25. The van der Waals surface area contributed by atoms with Gasteiger partial charge in [-0.3, -0.25) is 4.79 Å². The number of nitrogens with one attached hydrogen (secondary N) is 1. The van der Waals surface area contributed by atoms with Crippen LogP contribution in [0.15, 0.2) is 65.2 Å². The van der Waals surface area contributed by atoms with Crippen molar-refractivity contribution in [1.29, 1.82) is 0 Å². The molecule has 0 radical (unpaired) electrons. The first kappa shape index (κ1) is 16.2. The molecule has 2 aromatic carbocycles. The van der Waals surface area contributed by atoms with E-state index < -0.39 is 0 Å². The molecule has 0 aliphatic carbocycles. The van der Waals surface area contributed by atoms with E-state index in [0.29, 0.717) is 33.8 Å².